The Balaban J connectivity index is 1.57. The standard InChI is InChI=1S/C23H22N6O2S/c1-13-4-9-18(10-14(13)2)29-21-19(11-25-29)15(3)27-28-23(21)32-12-20(30)26-17-7-5-16(6-8-17)22(24)31/h4-11H,12H2,1-3H3,(H2,24,31)(H,26,30). The first-order valence-corrected chi connectivity index (χ1v) is 10.9. The third-order valence-corrected chi connectivity index (χ3v) is 6.14. The Morgan fingerprint density at radius 1 is 1.03 bits per heavy atom. The molecule has 0 aliphatic heterocycles. The Labute approximate surface area is 189 Å². The molecule has 0 aliphatic carbocycles. The van der Waals surface area contributed by atoms with Crippen molar-refractivity contribution in [2.45, 2.75) is 25.8 Å². The Bertz CT molecular complexity index is 1330. The molecule has 2 amide bonds. The van der Waals surface area contributed by atoms with Gasteiger partial charge in [-0.05, 0) is 68.3 Å². The van der Waals surface area contributed by atoms with Crippen LogP contribution in [0, 0.1) is 20.8 Å². The van der Waals surface area contributed by atoms with E-state index in [0.717, 1.165) is 22.3 Å². The molecule has 2 aromatic carbocycles. The minimum absolute atomic E-state index is 0.141. The molecule has 0 atom stereocenters. The fourth-order valence-electron chi connectivity index (χ4n) is 3.24. The molecular weight excluding hydrogens is 424 g/mol. The predicted molar refractivity (Wildman–Crippen MR) is 125 cm³/mol. The lowest BCUT2D eigenvalue weighted by Gasteiger charge is -2.10. The largest absolute Gasteiger partial charge is 0.366 e. The zero-order valence-electron chi connectivity index (χ0n) is 17.9. The smallest absolute Gasteiger partial charge is 0.248 e. The quantitative estimate of drug-likeness (QED) is 0.438. The van der Waals surface area contributed by atoms with Gasteiger partial charge in [0.15, 0.2) is 0 Å². The maximum atomic E-state index is 12.5. The predicted octanol–water partition coefficient (Wildman–Crippen LogP) is 3.57. The van der Waals surface area contributed by atoms with Crippen LogP contribution in [0.3, 0.4) is 0 Å². The van der Waals surface area contributed by atoms with Crippen LogP contribution in [-0.2, 0) is 4.79 Å². The van der Waals surface area contributed by atoms with Gasteiger partial charge < -0.3 is 11.1 Å². The number of carbonyl (C=O) groups excluding carboxylic acids is 2. The van der Waals surface area contributed by atoms with Gasteiger partial charge in [-0.3, -0.25) is 9.59 Å². The van der Waals surface area contributed by atoms with E-state index in [0.29, 0.717) is 16.3 Å². The SMILES string of the molecule is Cc1ccc(-n2ncc3c(C)nnc(SCC(=O)Nc4ccc(C(N)=O)cc4)c32)cc1C. The van der Waals surface area contributed by atoms with Gasteiger partial charge in [-0.1, -0.05) is 17.8 Å². The Hall–Kier alpha value is -3.72. The van der Waals surface area contributed by atoms with Crippen molar-refractivity contribution in [2.75, 3.05) is 11.1 Å². The highest BCUT2D eigenvalue weighted by Gasteiger charge is 2.16. The molecule has 0 radical (unpaired) electrons. The fourth-order valence-corrected chi connectivity index (χ4v) is 4.01. The molecule has 0 saturated heterocycles. The van der Waals surface area contributed by atoms with E-state index in [1.54, 1.807) is 30.5 Å². The van der Waals surface area contributed by atoms with E-state index in [2.05, 4.69) is 46.6 Å². The Morgan fingerprint density at radius 3 is 2.47 bits per heavy atom. The molecule has 0 bridgehead atoms. The summed E-state index contributed by atoms with van der Waals surface area (Å²) in [5.74, 6) is -0.571. The van der Waals surface area contributed by atoms with Crippen LogP contribution in [0.25, 0.3) is 16.6 Å². The summed E-state index contributed by atoms with van der Waals surface area (Å²) < 4.78 is 1.84. The summed E-state index contributed by atoms with van der Waals surface area (Å²) in [5, 5.41) is 17.5. The zero-order chi connectivity index (χ0) is 22.8. The molecule has 0 spiro atoms. The van der Waals surface area contributed by atoms with Crippen LogP contribution in [0.15, 0.2) is 53.7 Å². The number of amides is 2. The molecule has 9 heteroatoms. The molecule has 0 unspecified atom stereocenters. The van der Waals surface area contributed by atoms with E-state index in [4.69, 9.17) is 5.73 Å². The van der Waals surface area contributed by atoms with Crippen LogP contribution >= 0.6 is 11.8 Å². The summed E-state index contributed by atoms with van der Waals surface area (Å²) in [5.41, 5.74) is 11.1. The maximum absolute atomic E-state index is 12.5. The van der Waals surface area contributed by atoms with Gasteiger partial charge in [0, 0.05) is 16.6 Å². The van der Waals surface area contributed by atoms with E-state index in [9.17, 15) is 9.59 Å². The molecule has 0 saturated carbocycles. The number of thioether (sulfide) groups is 1. The van der Waals surface area contributed by atoms with Gasteiger partial charge in [-0.2, -0.15) is 10.2 Å². The fraction of sp³-hybridized carbons (Fsp3) is 0.174. The van der Waals surface area contributed by atoms with Gasteiger partial charge in [-0.15, -0.1) is 5.10 Å². The first-order valence-electron chi connectivity index (χ1n) is 9.94. The van der Waals surface area contributed by atoms with Gasteiger partial charge in [0.2, 0.25) is 11.8 Å². The number of nitrogens with zero attached hydrogens (tertiary/aromatic N) is 4. The topological polar surface area (TPSA) is 116 Å². The van der Waals surface area contributed by atoms with Gasteiger partial charge in [0.05, 0.1) is 23.3 Å². The summed E-state index contributed by atoms with van der Waals surface area (Å²) in [6, 6.07) is 12.6. The number of carbonyl (C=O) groups is 2. The number of aryl methyl sites for hydroxylation is 3. The van der Waals surface area contributed by atoms with E-state index in [1.807, 2.05) is 17.7 Å². The highest BCUT2D eigenvalue weighted by Crippen LogP contribution is 2.29. The van der Waals surface area contributed by atoms with E-state index >= 15 is 0 Å². The maximum Gasteiger partial charge on any atom is 0.248 e. The average Bonchev–Trinajstić information content (AvgIpc) is 3.22. The zero-order valence-corrected chi connectivity index (χ0v) is 18.7. The van der Waals surface area contributed by atoms with Crippen LogP contribution in [0.5, 0.6) is 0 Å². The summed E-state index contributed by atoms with van der Waals surface area (Å²) in [6.07, 6.45) is 1.78. The lowest BCUT2D eigenvalue weighted by atomic mass is 10.1. The van der Waals surface area contributed by atoms with E-state index in [1.165, 1.54) is 22.9 Å². The molecule has 2 aromatic heterocycles. The second-order valence-electron chi connectivity index (χ2n) is 7.46. The third-order valence-electron chi connectivity index (χ3n) is 5.18. The van der Waals surface area contributed by atoms with Crippen molar-refractivity contribution in [3.05, 3.63) is 71.0 Å². The summed E-state index contributed by atoms with van der Waals surface area (Å²) in [4.78, 5) is 23.7. The molecule has 8 nitrogen and oxygen atoms in total. The number of primary amides is 1. The molecule has 0 fully saturated rings. The highest BCUT2D eigenvalue weighted by molar-refractivity contribution is 8.00. The van der Waals surface area contributed by atoms with E-state index < -0.39 is 5.91 Å². The van der Waals surface area contributed by atoms with Crippen molar-refractivity contribution in [1.82, 2.24) is 20.0 Å². The Kier molecular flexibility index (Phi) is 5.91. The van der Waals surface area contributed by atoms with Gasteiger partial charge in [0.1, 0.15) is 10.5 Å². The second-order valence-corrected chi connectivity index (χ2v) is 8.42. The minimum atomic E-state index is -0.513. The summed E-state index contributed by atoms with van der Waals surface area (Å²) in [6.45, 7) is 6.02. The van der Waals surface area contributed by atoms with Gasteiger partial charge in [0.25, 0.3) is 0 Å². The molecule has 2 heterocycles. The van der Waals surface area contributed by atoms with Gasteiger partial charge >= 0.3 is 0 Å². The number of hydrogen-bond donors (Lipinski definition) is 2. The van der Waals surface area contributed by atoms with Crippen molar-refractivity contribution >= 4 is 40.2 Å². The monoisotopic (exact) mass is 446 g/mol. The number of nitrogens with one attached hydrogen (secondary N) is 1. The summed E-state index contributed by atoms with van der Waals surface area (Å²) >= 11 is 1.29. The number of benzene rings is 2. The highest BCUT2D eigenvalue weighted by atomic mass is 32.2. The second kappa shape index (κ2) is 8.80. The number of fused-ring (bicyclic) bond motifs is 1. The molecule has 162 valence electrons. The van der Waals surface area contributed by atoms with Crippen LogP contribution in [0.4, 0.5) is 5.69 Å². The first-order chi connectivity index (χ1) is 15.3. The van der Waals surface area contributed by atoms with Crippen molar-refractivity contribution in [1.29, 1.82) is 0 Å². The number of anilines is 1. The lowest BCUT2D eigenvalue weighted by molar-refractivity contribution is -0.113. The normalized spacial score (nSPS) is 11.0. The molecule has 4 aromatic rings. The number of nitrogens with two attached hydrogens (primary N) is 1. The first kappa shape index (κ1) is 21.5. The van der Waals surface area contributed by atoms with Crippen molar-refractivity contribution in [2.24, 2.45) is 5.73 Å². The molecule has 3 N–H and O–H groups in total. The van der Waals surface area contributed by atoms with Crippen LogP contribution < -0.4 is 11.1 Å². The van der Waals surface area contributed by atoms with Gasteiger partial charge in [-0.25, -0.2) is 4.68 Å². The minimum Gasteiger partial charge on any atom is -0.366 e. The van der Waals surface area contributed by atoms with Crippen molar-refractivity contribution in [3.8, 4) is 5.69 Å². The van der Waals surface area contributed by atoms with Crippen LogP contribution in [0.2, 0.25) is 0 Å². The molecule has 4 rings (SSSR count). The Morgan fingerprint density at radius 2 is 1.78 bits per heavy atom. The van der Waals surface area contributed by atoms with Crippen molar-refractivity contribution in [3.63, 3.8) is 0 Å². The molecular formula is C23H22N6O2S. The molecule has 0 aliphatic rings. The van der Waals surface area contributed by atoms with Crippen molar-refractivity contribution < 1.29 is 9.59 Å². The third kappa shape index (κ3) is 4.33. The average molecular weight is 447 g/mol. The van der Waals surface area contributed by atoms with Crippen LogP contribution in [0.1, 0.15) is 27.2 Å². The number of aromatic nitrogens is 4. The number of hydrogen-bond acceptors (Lipinski definition) is 6. The lowest BCUT2D eigenvalue weighted by Crippen LogP contribution is -2.15. The summed E-state index contributed by atoms with van der Waals surface area (Å²) in [7, 11) is 0. The molecule has 32 heavy (non-hydrogen) atoms. The van der Waals surface area contributed by atoms with Crippen LogP contribution in [-0.4, -0.2) is 37.5 Å². The van der Waals surface area contributed by atoms with E-state index in [-0.39, 0.29) is 11.7 Å². The number of rotatable bonds is 6.